The van der Waals surface area contributed by atoms with Crippen molar-refractivity contribution >= 4 is 23.6 Å². The molecule has 0 aliphatic carbocycles. The predicted octanol–water partition coefficient (Wildman–Crippen LogP) is 1.89. The van der Waals surface area contributed by atoms with Crippen LogP contribution in [0.1, 0.15) is 39.5 Å². The molecule has 0 aliphatic heterocycles. The third-order valence-electron chi connectivity index (χ3n) is 2.15. The topological polar surface area (TPSA) is 66.4 Å². The second kappa shape index (κ2) is 9.51. The van der Waals surface area contributed by atoms with E-state index >= 15 is 0 Å². The third-order valence-corrected chi connectivity index (χ3v) is 3.25. The summed E-state index contributed by atoms with van der Waals surface area (Å²) >= 11 is 1.74. The number of unbranched alkanes of at least 4 members (excludes halogenated alkanes) is 1. The number of carboxylic acids is 1. The van der Waals surface area contributed by atoms with Crippen molar-refractivity contribution in [2.75, 3.05) is 11.5 Å². The third kappa shape index (κ3) is 7.56. The summed E-state index contributed by atoms with van der Waals surface area (Å²) in [6.45, 7) is 3.84. The fraction of sp³-hybridized carbons (Fsp3) is 0.818. The fourth-order valence-corrected chi connectivity index (χ4v) is 2.20. The minimum Gasteiger partial charge on any atom is -0.480 e. The molecule has 0 bridgehead atoms. The van der Waals surface area contributed by atoms with E-state index in [0.29, 0.717) is 12.8 Å². The Balaban J connectivity index is 3.77. The van der Waals surface area contributed by atoms with Gasteiger partial charge in [0, 0.05) is 6.42 Å². The molecule has 0 heterocycles. The largest absolute Gasteiger partial charge is 0.480 e. The van der Waals surface area contributed by atoms with E-state index in [2.05, 4.69) is 12.2 Å². The van der Waals surface area contributed by atoms with Gasteiger partial charge in [-0.2, -0.15) is 11.8 Å². The number of thioether (sulfide) groups is 1. The van der Waals surface area contributed by atoms with Crippen LogP contribution in [-0.2, 0) is 9.59 Å². The van der Waals surface area contributed by atoms with Crippen LogP contribution in [0.2, 0.25) is 0 Å². The van der Waals surface area contributed by atoms with E-state index in [0.717, 1.165) is 24.3 Å². The Morgan fingerprint density at radius 2 is 2.00 bits per heavy atom. The maximum absolute atomic E-state index is 11.1. The summed E-state index contributed by atoms with van der Waals surface area (Å²) in [5.41, 5.74) is 0. The molecule has 0 fully saturated rings. The first kappa shape index (κ1) is 15.3. The number of aliphatic carboxylic acids is 1. The molecular weight excluding hydrogens is 226 g/mol. The quantitative estimate of drug-likeness (QED) is 0.611. The van der Waals surface area contributed by atoms with Crippen molar-refractivity contribution in [3.63, 3.8) is 0 Å². The second-order valence-corrected chi connectivity index (χ2v) is 4.79. The summed E-state index contributed by atoms with van der Waals surface area (Å²) in [6.07, 6.45) is 3.13. The smallest absolute Gasteiger partial charge is 0.326 e. The number of nitrogens with one attached hydrogen (secondary N) is 1. The summed E-state index contributed by atoms with van der Waals surface area (Å²) < 4.78 is 0. The molecule has 4 nitrogen and oxygen atoms in total. The van der Waals surface area contributed by atoms with Crippen LogP contribution >= 0.6 is 11.8 Å². The molecule has 2 N–H and O–H groups in total. The van der Waals surface area contributed by atoms with Crippen molar-refractivity contribution in [1.29, 1.82) is 0 Å². The maximum Gasteiger partial charge on any atom is 0.326 e. The van der Waals surface area contributed by atoms with E-state index in [1.807, 2.05) is 0 Å². The average Bonchev–Trinajstić information content (AvgIpc) is 2.26. The van der Waals surface area contributed by atoms with Gasteiger partial charge in [-0.1, -0.05) is 20.3 Å². The lowest BCUT2D eigenvalue weighted by atomic mass is 10.2. The van der Waals surface area contributed by atoms with Crippen LogP contribution in [0.4, 0.5) is 0 Å². The number of hydrogen-bond acceptors (Lipinski definition) is 3. The standard InChI is InChI=1S/C11H21NO3S/c1-3-5-7-16-8-6-9(11(14)15)12-10(13)4-2/h9H,3-8H2,1-2H3,(H,12,13)(H,14,15). The minimum atomic E-state index is -0.946. The lowest BCUT2D eigenvalue weighted by Gasteiger charge is -2.13. The number of carbonyl (C=O) groups excluding carboxylic acids is 1. The van der Waals surface area contributed by atoms with Crippen molar-refractivity contribution in [1.82, 2.24) is 5.32 Å². The number of hydrogen-bond donors (Lipinski definition) is 2. The molecule has 5 heteroatoms. The highest BCUT2D eigenvalue weighted by atomic mass is 32.2. The van der Waals surface area contributed by atoms with Crippen molar-refractivity contribution < 1.29 is 14.7 Å². The first-order valence-electron chi connectivity index (χ1n) is 5.71. The van der Waals surface area contributed by atoms with Crippen LogP contribution in [0.25, 0.3) is 0 Å². The normalized spacial score (nSPS) is 12.1. The van der Waals surface area contributed by atoms with Crippen molar-refractivity contribution in [3.05, 3.63) is 0 Å². The lowest BCUT2D eigenvalue weighted by Crippen LogP contribution is -2.40. The lowest BCUT2D eigenvalue weighted by molar-refractivity contribution is -0.141. The second-order valence-electron chi connectivity index (χ2n) is 3.57. The van der Waals surface area contributed by atoms with Gasteiger partial charge in [0.15, 0.2) is 0 Å². The Morgan fingerprint density at radius 1 is 1.31 bits per heavy atom. The van der Waals surface area contributed by atoms with Gasteiger partial charge in [-0.3, -0.25) is 4.79 Å². The van der Waals surface area contributed by atoms with Crippen LogP contribution in [0.3, 0.4) is 0 Å². The molecule has 1 unspecified atom stereocenters. The molecule has 1 amide bonds. The van der Waals surface area contributed by atoms with Crippen molar-refractivity contribution in [2.24, 2.45) is 0 Å². The van der Waals surface area contributed by atoms with E-state index < -0.39 is 12.0 Å². The predicted molar refractivity (Wildman–Crippen MR) is 66.7 cm³/mol. The average molecular weight is 247 g/mol. The molecule has 0 radical (unpaired) electrons. The highest BCUT2D eigenvalue weighted by molar-refractivity contribution is 7.99. The molecule has 94 valence electrons. The first-order chi connectivity index (χ1) is 7.61. The molecule has 1 atom stereocenters. The monoisotopic (exact) mass is 247 g/mol. The zero-order valence-corrected chi connectivity index (χ0v) is 10.8. The van der Waals surface area contributed by atoms with Gasteiger partial charge in [-0.15, -0.1) is 0 Å². The molecule has 16 heavy (non-hydrogen) atoms. The van der Waals surface area contributed by atoms with E-state index in [-0.39, 0.29) is 5.91 Å². The summed E-state index contributed by atoms with van der Waals surface area (Å²) in [6, 6.07) is -0.735. The van der Waals surface area contributed by atoms with Gasteiger partial charge in [0.2, 0.25) is 5.91 Å². The Kier molecular flexibility index (Phi) is 9.09. The molecule has 0 aliphatic rings. The Morgan fingerprint density at radius 3 is 2.50 bits per heavy atom. The number of rotatable bonds is 9. The Hall–Kier alpha value is -0.710. The zero-order valence-electron chi connectivity index (χ0n) is 9.99. The molecule has 0 spiro atoms. The molecule has 0 saturated heterocycles. The van der Waals surface area contributed by atoms with Gasteiger partial charge in [0.1, 0.15) is 6.04 Å². The van der Waals surface area contributed by atoms with Crippen molar-refractivity contribution in [3.8, 4) is 0 Å². The molecule has 0 aromatic rings. The number of carbonyl (C=O) groups is 2. The molecule has 0 saturated carbocycles. The van der Waals surface area contributed by atoms with E-state index in [9.17, 15) is 9.59 Å². The maximum atomic E-state index is 11.1. The highest BCUT2D eigenvalue weighted by Crippen LogP contribution is 2.08. The number of amides is 1. The van der Waals surface area contributed by atoms with Crippen LogP contribution in [-0.4, -0.2) is 34.5 Å². The molecule has 0 rings (SSSR count). The van der Waals surface area contributed by atoms with Gasteiger partial charge in [-0.25, -0.2) is 4.79 Å². The van der Waals surface area contributed by atoms with Gasteiger partial charge in [-0.05, 0) is 24.3 Å². The van der Waals surface area contributed by atoms with Crippen LogP contribution in [0.5, 0.6) is 0 Å². The highest BCUT2D eigenvalue weighted by Gasteiger charge is 2.18. The summed E-state index contributed by atoms with van der Waals surface area (Å²) in [7, 11) is 0. The summed E-state index contributed by atoms with van der Waals surface area (Å²) in [5.74, 6) is 0.690. The Labute approximate surface area is 101 Å². The summed E-state index contributed by atoms with van der Waals surface area (Å²) in [4.78, 5) is 21.9. The van der Waals surface area contributed by atoms with Gasteiger partial charge in [0.25, 0.3) is 0 Å². The molecule has 0 aromatic carbocycles. The first-order valence-corrected chi connectivity index (χ1v) is 6.87. The minimum absolute atomic E-state index is 0.203. The summed E-state index contributed by atoms with van der Waals surface area (Å²) in [5, 5.41) is 11.4. The van der Waals surface area contributed by atoms with E-state index in [4.69, 9.17) is 5.11 Å². The molecule has 0 aromatic heterocycles. The number of carboxylic acid groups (broad SMARTS) is 1. The van der Waals surface area contributed by atoms with Crippen LogP contribution < -0.4 is 5.32 Å². The van der Waals surface area contributed by atoms with Crippen molar-refractivity contribution in [2.45, 2.75) is 45.6 Å². The van der Waals surface area contributed by atoms with Gasteiger partial charge < -0.3 is 10.4 Å². The molecular formula is C11H21NO3S. The van der Waals surface area contributed by atoms with Gasteiger partial charge >= 0.3 is 5.97 Å². The fourth-order valence-electron chi connectivity index (χ4n) is 1.10. The Bertz CT molecular complexity index is 221. The van der Waals surface area contributed by atoms with Gasteiger partial charge in [0.05, 0.1) is 0 Å². The van der Waals surface area contributed by atoms with E-state index in [1.54, 1.807) is 18.7 Å². The van der Waals surface area contributed by atoms with Crippen LogP contribution in [0, 0.1) is 0 Å². The SMILES string of the molecule is CCCCSCCC(NC(=O)CC)C(=O)O. The zero-order chi connectivity index (χ0) is 12.4. The van der Waals surface area contributed by atoms with E-state index in [1.165, 1.54) is 0 Å². The van der Waals surface area contributed by atoms with Crippen LogP contribution in [0.15, 0.2) is 0 Å².